The minimum atomic E-state index is 0. The fourth-order valence-electron chi connectivity index (χ4n) is 3.89. The molecule has 0 spiro atoms. The number of likely N-dealkylation sites (tertiary alicyclic amines) is 1. The number of fused-ring (bicyclic) bond motifs is 1. The van der Waals surface area contributed by atoms with E-state index in [9.17, 15) is 4.79 Å². The molecule has 1 heterocycles. The van der Waals surface area contributed by atoms with E-state index in [4.69, 9.17) is 10.5 Å². The fourth-order valence-corrected chi connectivity index (χ4v) is 3.89. The quantitative estimate of drug-likeness (QED) is 0.797. The molecule has 1 amide bonds. The molecule has 1 aliphatic carbocycles. The van der Waals surface area contributed by atoms with Crippen LogP contribution in [-0.2, 0) is 0 Å². The van der Waals surface area contributed by atoms with Gasteiger partial charge in [-0.05, 0) is 55.4 Å². The number of nitrogens with zero attached hydrogens (tertiary/aromatic N) is 1. The lowest BCUT2D eigenvalue weighted by Crippen LogP contribution is -2.33. The zero-order valence-electron chi connectivity index (χ0n) is 14.4. The molecule has 0 radical (unpaired) electrons. The predicted molar refractivity (Wildman–Crippen MR) is 98.8 cm³/mol. The van der Waals surface area contributed by atoms with Crippen LogP contribution in [0.1, 0.15) is 49.4 Å². The normalized spacial score (nSPS) is 25.2. The van der Waals surface area contributed by atoms with E-state index < -0.39 is 0 Å². The maximum atomic E-state index is 12.6. The Morgan fingerprint density at radius 3 is 2.62 bits per heavy atom. The number of carbonyl (C=O) groups excluding carboxylic acids is 1. The van der Waals surface area contributed by atoms with E-state index in [1.165, 1.54) is 19.3 Å². The highest BCUT2D eigenvalue weighted by molar-refractivity contribution is 5.94. The van der Waals surface area contributed by atoms with E-state index in [2.05, 4.69) is 6.92 Å². The van der Waals surface area contributed by atoms with E-state index in [-0.39, 0.29) is 24.4 Å². The molecule has 0 bridgehead atoms. The zero-order valence-corrected chi connectivity index (χ0v) is 15.3. The first-order valence-electron chi connectivity index (χ1n) is 8.96. The number of carbonyl (C=O) groups is 1. The number of rotatable bonds is 6. The van der Waals surface area contributed by atoms with Crippen LogP contribution >= 0.6 is 12.4 Å². The van der Waals surface area contributed by atoms with Crippen molar-refractivity contribution >= 4 is 18.3 Å². The molecule has 2 aliphatic rings. The number of halogens is 1. The van der Waals surface area contributed by atoms with Gasteiger partial charge in [-0.15, -0.1) is 12.4 Å². The largest absolute Gasteiger partial charge is 0.494 e. The SMILES string of the molecule is CCCCCOc1ccc(C(=O)N2CC3CCC(N)C3C2)cc1.Cl. The maximum Gasteiger partial charge on any atom is 0.253 e. The van der Waals surface area contributed by atoms with E-state index >= 15 is 0 Å². The van der Waals surface area contributed by atoms with Crippen molar-refractivity contribution in [3.05, 3.63) is 29.8 Å². The topological polar surface area (TPSA) is 55.6 Å². The van der Waals surface area contributed by atoms with Crippen molar-refractivity contribution < 1.29 is 9.53 Å². The summed E-state index contributed by atoms with van der Waals surface area (Å²) in [6.07, 6.45) is 5.74. The molecule has 2 fully saturated rings. The average molecular weight is 353 g/mol. The molecule has 5 heteroatoms. The van der Waals surface area contributed by atoms with Gasteiger partial charge in [-0.1, -0.05) is 19.8 Å². The molecule has 3 atom stereocenters. The molecule has 4 nitrogen and oxygen atoms in total. The summed E-state index contributed by atoms with van der Waals surface area (Å²) in [6.45, 7) is 4.61. The van der Waals surface area contributed by atoms with Gasteiger partial charge in [-0.3, -0.25) is 4.79 Å². The van der Waals surface area contributed by atoms with E-state index in [1.54, 1.807) is 0 Å². The number of unbranched alkanes of at least 4 members (excludes halogenated alkanes) is 2. The molecule has 0 aromatic heterocycles. The van der Waals surface area contributed by atoms with Crippen molar-refractivity contribution in [1.82, 2.24) is 4.90 Å². The number of ether oxygens (including phenoxy) is 1. The summed E-state index contributed by atoms with van der Waals surface area (Å²) >= 11 is 0. The second kappa shape index (κ2) is 8.72. The van der Waals surface area contributed by atoms with Crippen LogP contribution < -0.4 is 10.5 Å². The van der Waals surface area contributed by atoms with Gasteiger partial charge in [0.25, 0.3) is 5.91 Å². The van der Waals surface area contributed by atoms with Gasteiger partial charge in [0.1, 0.15) is 5.75 Å². The van der Waals surface area contributed by atoms with E-state index in [0.717, 1.165) is 43.9 Å². The molecule has 24 heavy (non-hydrogen) atoms. The molecule has 1 aliphatic heterocycles. The summed E-state index contributed by atoms with van der Waals surface area (Å²) in [5.41, 5.74) is 6.90. The summed E-state index contributed by atoms with van der Waals surface area (Å²) in [7, 11) is 0. The lowest BCUT2D eigenvalue weighted by atomic mass is 9.98. The van der Waals surface area contributed by atoms with Crippen LogP contribution in [0.3, 0.4) is 0 Å². The van der Waals surface area contributed by atoms with Gasteiger partial charge in [-0.25, -0.2) is 0 Å². The molecule has 1 saturated carbocycles. The number of nitrogens with two attached hydrogens (primary N) is 1. The lowest BCUT2D eigenvalue weighted by molar-refractivity contribution is 0.0779. The Bertz CT molecular complexity index is 535. The van der Waals surface area contributed by atoms with Crippen LogP contribution in [0.5, 0.6) is 5.75 Å². The smallest absolute Gasteiger partial charge is 0.253 e. The zero-order chi connectivity index (χ0) is 16.2. The average Bonchev–Trinajstić information content (AvgIpc) is 3.14. The minimum absolute atomic E-state index is 0. The maximum absolute atomic E-state index is 12.6. The summed E-state index contributed by atoms with van der Waals surface area (Å²) in [5, 5.41) is 0. The van der Waals surface area contributed by atoms with Gasteiger partial charge in [0.2, 0.25) is 0 Å². The second-order valence-corrected chi connectivity index (χ2v) is 6.96. The van der Waals surface area contributed by atoms with Gasteiger partial charge in [0.05, 0.1) is 6.61 Å². The van der Waals surface area contributed by atoms with Gasteiger partial charge in [0.15, 0.2) is 0 Å². The summed E-state index contributed by atoms with van der Waals surface area (Å²) in [4.78, 5) is 14.6. The van der Waals surface area contributed by atoms with Crippen molar-refractivity contribution in [3.8, 4) is 5.75 Å². The Balaban J connectivity index is 0.00000208. The molecule has 1 aromatic carbocycles. The minimum Gasteiger partial charge on any atom is -0.494 e. The second-order valence-electron chi connectivity index (χ2n) is 6.96. The molecule has 3 unspecified atom stereocenters. The Kier molecular flexibility index (Phi) is 6.93. The molecular formula is C19H29ClN2O2. The highest BCUT2D eigenvalue weighted by Crippen LogP contribution is 2.37. The third kappa shape index (κ3) is 4.22. The molecule has 134 valence electrons. The van der Waals surface area contributed by atoms with Crippen LogP contribution in [-0.4, -0.2) is 36.5 Å². The number of hydrogen-bond donors (Lipinski definition) is 1. The van der Waals surface area contributed by atoms with Gasteiger partial charge >= 0.3 is 0 Å². The first-order chi connectivity index (χ1) is 11.2. The standard InChI is InChI=1S/C19H28N2O2.ClH/c1-2-3-4-11-23-16-8-5-14(6-9-16)19(22)21-12-15-7-10-18(20)17(15)13-21;/h5-6,8-9,15,17-18H,2-4,7,10-13,20H2,1H3;1H. The van der Waals surface area contributed by atoms with E-state index in [0.29, 0.717) is 11.8 Å². The third-order valence-electron chi connectivity index (χ3n) is 5.32. The monoisotopic (exact) mass is 352 g/mol. The van der Waals surface area contributed by atoms with Crippen LogP contribution in [0.25, 0.3) is 0 Å². The first-order valence-corrected chi connectivity index (χ1v) is 8.96. The van der Waals surface area contributed by atoms with Crippen LogP contribution in [0.2, 0.25) is 0 Å². The summed E-state index contributed by atoms with van der Waals surface area (Å²) in [5.74, 6) is 2.08. The Morgan fingerprint density at radius 2 is 1.96 bits per heavy atom. The molecule has 3 rings (SSSR count). The van der Waals surface area contributed by atoms with Gasteiger partial charge in [0, 0.05) is 24.7 Å². The van der Waals surface area contributed by atoms with Gasteiger partial charge < -0.3 is 15.4 Å². The number of amides is 1. The Hall–Kier alpha value is -1.26. The Labute approximate surface area is 151 Å². The fraction of sp³-hybridized carbons (Fsp3) is 0.632. The van der Waals surface area contributed by atoms with Crippen molar-refractivity contribution in [3.63, 3.8) is 0 Å². The van der Waals surface area contributed by atoms with Crippen molar-refractivity contribution in [1.29, 1.82) is 0 Å². The molecule has 1 saturated heterocycles. The molecular weight excluding hydrogens is 324 g/mol. The third-order valence-corrected chi connectivity index (χ3v) is 5.32. The first kappa shape index (κ1) is 19.1. The predicted octanol–water partition coefficient (Wildman–Crippen LogP) is 3.49. The molecule has 2 N–H and O–H groups in total. The van der Waals surface area contributed by atoms with Crippen LogP contribution in [0, 0.1) is 11.8 Å². The number of benzene rings is 1. The van der Waals surface area contributed by atoms with E-state index in [1.807, 2.05) is 29.2 Å². The number of hydrogen-bond acceptors (Lipinski definition) is 3. The van der Waals surface area contributed by atoms with Crippen molar-refractivity contribution in [2.24, 2.45) is 17.6 Å². The summed E-state index contributed by atoms with van der Waals surface area (Å²) in [6, 6.07) is 7.84. The Morgan fingerprint density at radius 1 is 1.21 bits per heavy atom. The van der Waals surface area contributed by atoms with Crippen molar-refractivity contribution in [2.75, 3.05) is 19.7 Å². The van der Waals surface area contributed by atoms with Crippen molar-refractivity contribution in [2.45, 2.75) is 45.1 Å². The highest BCUT2D eigenvalue weighted by atomic mass is 35.5. The van der Waals surface area contributed by atoms with Crippen LogP contribution in [0.15, 0.2) is 24.3 Å². The van der Waals surface area contributed by atoms with Crippen LogP contribution in [0.4, 0.5) is 0 Å². The summed E-state index contributed by atoms with van der Waals surface area (Å²) < 4.78 is 5.70. The van der Waals surface area contributed by atoms with Gasteiger partial charge in [-0.2, -0.15) is 0 Å². The molecule has 1 aromatic rings. The highest BCUT2D eigenvalue weighted by Gasteiger charge is 2.42. The lowest BCUT2D eigenvalue weighted by Gasteiger charge is -2.19.